The van der Waals surface area contributed by atoms with Gasteiger partial charge in [-0.25, -0.2) is 18.2 Å². The van der Waals surface area contributed by atoms with E-state index in [9.17, 15) is 18.8 Å². The van der Waals surface area contributed by atoms with Gasteiger partial charge in [0, 0.05) is 60.7 Å². The van der Waals surface area contributed by atoms with Crippen molar-refractivity contribution < 1.29 is 32.3 Å². The molecule has 1 saturated heterocycles. The molecule has 4 aliphatic rings. The number of benzene rings is 1. The summed E-state index contributed by atoms with van der Waals surface area (Å²) in [6, 6.07) is 3.47. The molecule has 4 atom stereocenters. The molecule has 0 radical (unpaired) electrons. The quantitative estimate of drug-likeness (QED) is 0.374. The van der Waals surface area contributed by atoms with Crippen LogP contribution in [0.1, 0.15) is 76.8 Å². The summed E-state index contributed by atoms with van der Waals surface area (Å²) in [4.78, 5) is 51.4. The molecule has 7 rings (SSSR count). The van der Waals surface area contributed by atoms with Crippen LogP contribution in [0.5, 0.6) is 0 Å². The maximum absolute atomic E-state index is 15.1. The minimum Gasteiger partial charge on any atom is -0.377 e. The summed E-state index contributed by atoms with van der Waals surface area (Å²) in [5.74, 6) is -4.94. The van der Waals surface area contributed by atoms with Gasteiger partial charge in [0.2, 0.25) is 11.8 Å². The number of aromatic nitrogens is 2. The average molecular weight is 646 g/mol. The Morgan fingerprint density at radius 3 is 2.68 bits per heavy atom. The minimum absolute atomic E-state index is 0.116. The van der Waals surface area contributed by atoms with E-state index < -0.39 is 52.3 Å². The Morgan fingerprint density at radius 1 is 1.00 bits per heavy atom. The first-order chi connectivity index (χ1) is 22.7. The Hall–Kier alpha value is -4.58. The molecule has 1 spiro atoms. The molecule has 2 N–H and O–H groups in total. The molecule has 1 fully saturated rings. The Bertz CT molecular complexity index is 1820. The number of nitrogens with one attached hydrogen (secondary N) is 2. The van der Waals surface area contributed by atoms with E-state index in [2.05, 4.69) is 20.6 Å². The molecule has 2 aromatic heterocycles. The van der Waals surface area contributed by atoms with Crippen LogP contribution in [0.3, 0.4) is 0 Å². The lowest BCUT2D eigenvalue weighted by atomic mass is 9.79. The fourth-order valence-corrected chi connectivity index (χ4v) is 7.47. The molecule has 3 aromatic rings. The highest BCUT2D eigenvalue weighted by Crippen LogP contribution is 2.46. The molecule has 47 heavy (non-hydrogen) atoms. The van der Waals surface area contributed by atoms with E-state index in [4.69, 9.17) is 4.74 Å². The molecular formula is C35H34F3N5O4. The Labute approximate surface area is 269 Å². The highest BCUT2D eigenvalue weighted by molar-refractivity contribution is 6.06. The number of halogens is 3. The number of pyridine rings is 2. The van der Waals surface area contributed by atoms with E-state index >= 15 is 8.78 Å². The van der Waals surface area contributed by atoms with Gasteiger partial charge < -0.3 is 20.3 Å². The third-order valence-electron chi connectivity index (χ3n) is 9.99. The number of ether oxygens (including phenoxy) is 1. The molecule has 1 aliphatic carbocycles. The van der Waals surface area contributed by atoms with Gasteiger partial charge in [-0.3, -0.25) is 19.4 Å². The van der Waals surface area contributed by atoms with Gasteiger partial charge in [-0.05, 0) is 74.4 Å². The van der Waals surface area contributed by atoms with Crippen LogP contribution in [0.4, 0.5) is 19.0 Å². The first-order valence-electron chi connectivity index (χ1n) is 15.9. The normalized spacial score (nSPS) is 26.8. The molecule has 9 nitrogen and oxygen atoms in total. The topological polar surface area (TPSA) is 114 Å². The zero-order valence-corrected chi connectivity index (χ0v) is 25.8. The smallest absolute Gasteiger partial charge is 0.253 e. The van der Waals surface area contributed by atoms with E-state index in [1.807, 2.05) is 18.2 Å². The van der Waals surface area contributed by atoms with Crippen molar-refractivity contribution in [2.45, 2.75) is 68.9 Å². The van der Waals surface area contributed by atoms with Gasteiger partial charge in [-0.15, -0.1) is 0 Å². The molecule has 3 amide bonds. The van der Waals surface area contributed by atoms with Crippen molar-refractivity contribution in [1.29, 1.82) is 0 Å². The van der Waals surface area contributed by atoms with Gasteiger partial charge >= 0.3 is 0 Å². The highest BCUT2D eigenvalue weighted by atomic mass is 19.2. The third-order valence-corrected chi connectivity index (χ3v) is 9.99. The van der Waals surface area contributed by atoms with Crippen molar-refractivity contribution in [3.8, 4) is 0 Å². The van der Waals surface area contributed by atoms with Crippen LogP contribution < -0.4 is 10.6 Å². The first-order valence-corrected chi connectivity index (χ1v) is 15.9. The number of carbonyl (C=O) groups is 3. The second-order valence-electron chi connectivity index (χ2n) is 12.8. The van der Waals surface area contributed by atoms with E-state index in [-0.39, 0.29) is 30.3 Å². The second kappa shape index (κ2) is 12.2. The van der Waals surface area contributed by atoms with Crippen LogP contribution in [-0.2, 0) is 32.6 Å². The second-order valence-corrected chi connectivity index (χ2v) is 12.8. The standard InChI is InChI=1S/C35H34F3N5O4/c1-19-23(29-25(36)7-8-26(37)30(29)38)14-27-33(45)43(19)9-3-2-4-10-47-11-5-6-20-12-24-31(40-17-20)42-34(46)35(24)15-21-13-22(32(44)41-27)18-39-28(21)16-35/h5-8,12-13,17-19,23,27H,2-4,9-11,14-16H2,1H3,(H,41,44)(H,40,42,46)/b6-5-/t19?,23?,27?,35-/m0/s1. The van der Waals surface area contributed by atoms with Gasteiger partial charge in [0.05, 0.1) is 17.6 Å². The number of rotatable bonds is 1. The number of fused-ring (bicyclic) bond motifs is 4. The maximum atomic E-state index is 15.1. The molecular weight excluding hydrogens is 611 g/mol. The van der Waals surface area contributed by atoms with E-state index in [1.165, 1.54) is 11.1 Å². The van der Waals surface area contributed by atoms with Gasteiger partial charge in [0.15, 0.2) is 11.6 Å². The molecule has 5 heterocycles. The molecule has 3 aliphatic heterocycles. The van der Waals surface area contributed by atoms with E-state index in [0.717, 1.165) is 41.7 Å². The number of amides is 3. The number of carbonyl (C=O) groups excluding carboxylic acids is 3. The number of hydrogen-bond donors (Lipinski definition) is 2. The summed E-state index contributed by atoms with van der Waals surface area (Å²) in [6.07, 6.45) is 9.47. The van der Waals surface area contributed by atoms with Crippen molar-refractivity contribution >= 4 is 29.6 Å². The maximum Gasteiger partial charge on any atom is 0.253 e. The summed E-state index contributed by atoms with van der Waals surface area (Å²) in [7, 11) is 0. The van der Waals surface area contributed by atoms with Crippen LogP contribution in [0.25, 0.3) is 6.08 Å². The Morgan fingerprint density at radius 2 is 1.83 bits per heavy atom. The predicted octanol–water partition coefficient (Wildman–Crippen LogP) is 4.60. The number of hydrogen-bond acceptors (Lipinski definition) is 6. The predicted molar refractivity (Wildman–Crippen MR) is 166 cm³/mol. The fourth-order valence-electron chi connectivity index (χ4n) is 7.47. The van der Waals surface area contributed by atoms with Crippen LogP contribution in [0.15, 0.2) is 42.7 Å². The lowest BCUT2D eigenvalue weighted by Gasteiger charge is -2.43. The van der Waals surface area contributed by atoms with Crippen LogP contribution in [0, 0.1) is 17.5 Å². The summed E-state index contributed by atoms with van der Waals surface area (Å²) in [5.41, 5.74) is 1.84. The number of anilines is 1. The molecule has 0 saturated carbocycles. The fraction of sp³-hybridized carbons (Fsp3) is 0.400. The van der Waals surface area contributed by atoms with Gasteiger partial charge in [0.1, 0.15) is 17.7 Å². The highest BCUT2D eigenvalue weighted by Gasteiger charge is 2.52. The molecule has 244 valence electrons. The van der Waals surface area contributed by atoms with Gasteiger partial charge in [0.25, 0.3) is 5.91 Å². The Balaban J connectivity index is 1.22. The summed E-state index contributed by atoms with van der Waals surface area (Å²) in [6.45, 7) is 2.86. The molecule has 3 unspecified atom stereocenters. The van der Waals surface area contributed by atoms with Gasteiger partial charge in [-0.1, -0.05) is 12.2 Å². The van der Waals surface area contributed by atoms with Crippen molar-refractivity contribution in [2.24, 2.45) is 0 Å². The lowest BCUT2D eigenvalue weighted by Crippen LogP contribution is -2.58. The minimum atomic E-state index is -1.29. The van der Waals surface area contributed by atoms with Crippen LogP contribution in [0.2, 0.25) is 0 Å². The Kier molecular flexibility index (Phi) is 8.07. The SMILES string of the molecule is CC1C(c2c(F)ccc(F)c2F)CC2NC(=O)c3cnc4c(c3)C[C@@]3(C4)C(=O)Nc4ncc(cc43)/C=C\COCCCCCN1C2=O. The summed E-state index contributed by atoms with van der Waals surface area (Å²) in [5, 5.41) is 5.67. The molecule has 12 heteroatoms. The zero-order valence-electron chi connectivity index (χ0n) is 25.8. The summed E-state index contributed by atoms with van der Waals surface area (Å²) >= 11 is 0. The largest absolute Gasteiger partial charge is 0.377 e. The van der Waals surface area contributed by atoms with Crippen molar-refractivity contribution in [3.63, 3.8) is 0 Å². The van der Waals surface area contributed by atoms with E-state index in [0.29, 0.717) is 44.0 Å². The average Bonchev–Trinajstić information content (AvgIpc) is 3.57. The van der Waals surface area contributed by atoms with Gasteiger partial charge in [-0.2, -0.15) is 0 Å². The third kappa shape index (κ3) is 5.48. The van der Waals surface area contributed by atoms with Crippen molar-refractivity contribution in [2.75, 3.05) is 25.1 Å². The zero-order chi connectivity index (χ0) is 32.9. The van der Waals surface area contributed by atoms with Crippen molar-refractivity contribution in [3.05, 3.63) is 93.7 Å². The number of piperidine rings is 1. The first kappa shape index (κ1) is 31.0. The van der Waals surface area contributed by atoms with Crippen molar-refractivity contribution in [1.82, 2.24) is 20.2 Å². The lowest BCUT2D eigenvalue weighted by molar-refractivity contribution is -0.139. The van der Waals surface area contributed by atoms with Crippen LogP contribution in [-0.4, -0.2) is 64.4 Å². The van der Waals surface area contributed by atoms with Crippen LogP contribution >= 0.6 is 0 Å². The molecule has 7 bridgehead atoms. The number of nitrogens with zero attached hydrogens (tertiary/aromatic N) is 3. The van der Waals surface area contributed by atoms with E-state index in [1.54, 1.807) is 19.2 Å². The molecule has 1 aromatic carbocycles. The summed E-state index contributed by atoms with van der Waals surface area (Å²) < 4.78 is 50.2. The monoisotopic (exact) mass is 645 g/mol.